The molecule has 0 atom stereocenters. The van der Waals surface area contributed by atoms with Crippen LogP contribution in [0.15, 0.2) is 42.5 Å². The minimum atomic E-state index is -0.750. The number of hydrogen-bond donors (Lipinski definition) is 3. The molecule has 108 valence electrons. The van der Waals surface area contributed by atoms with E-state index in [0.29, 0.717) is 0 Å². The van der Waals surface area contributed by atoms with Gasteiger partial charge in [-0.15, -0.1) is 0 Å². The van der Waals surface area contributed by atoms with Gasteiger partial charge >= 0.3 is 0 Å². The zero-order chi connectivity index (χ0) is 15.4. The van der Waals surface area contributed by atoms with Crippen LogP contribution in [0.5, 0.6) is 5.75 Å². The van der Waals surface area contributed by atoms with Gasteiger partial charge in [-0.25, -0.2) is 4.39 Å². The molecular weight excluding hydrogens is 299 g/mol. The Morgan fingerprint density at radius 2 is 1.76 bits per heavy atom. The van der Waals surface area contributed by atoms with Gasteiger partial charge in [0.2, 0.25) is 0 Å². The minimum absolute atomic E-state index is 0.0469. The van der Waals surface area contributed by atoms with Crippen LogP contribution < -0.4 is 10.9 Å². The maximum Gasteiger partial charge on any atom is 0.273 e. The molecule has 0 fully saturated rings. The third kappa shape index (κ3) is 3.70. The van der Waals surface area contributed by atoms with Gasteiger partial charge in [0, 0.05) is 10.6 Å². The highest BCUT2D eigenvalue weighted by atomic mass is 35.5. The van der Waals surface area contributed by atoms with Gasteiger partial charge in [-0.2, -0.15) is 0 Å². The zero-order valence-corrected chi connectivity index (χ0v) is 11.3. The third-order valence-electron chi connectivity index (χ3n) is 2.58. The summed E-state index contributed by atoms with van der Waals surface area (Å²) in [7, 11) is 0. The topological polar surface area (TPSA) is 78.4 Å². The number of hydrogen-bond acceptors (Lipinski definition) is 3. The van der Waals surface area contributed by atoms with Crippen molar-refractivity contribution in [3.05, 3.63) is 64.4 Å². The second-order valence-electron chi connectivity index (χ2n) is 4.08. The predicted molar refractivity (Wildman–Crippen MR) is 74.4 cm³/mol. The van der Waals surface area contributed by atoms with Crippen LogP contribution >= 0.6 is 11.6 Å². The van der Waals surface area contributed by atoms with E-state index in [4.69, 9.17) is 11.6 Å². The van der Waals surface area contributed by atoms with Gasteiger partial charge in [0.25, 0.3) is 11.8 Å². The monoisotopic (exact) mass is 308 g/mol. The summed E-state index contributed by atoms with van der Waals surface area (Å²) >= 11 is 5.72. The average Bonchev–Trinajstić information content (AvgIpc) is 2.47. The molecule has 5 nitrogen and oxygen atoms in total. The summed E-state index contributed by atoms with van der Waals surface area (Å²) in [6.07, 6.45) is 0. The molecule has 21 heavy (non-hydrogen) atoms. The molecule has 0 aliphatic carbocycles. The normalized spacial score (nSPS) is 10.0. The fourth-order valence-electron chi connectivity index (χ4n) is 1.57. The van der Waals surface area contributed by atoms with Crippen molar-refractivity contribution in [2.75, 3.05) is 0 Å². The summed E-state index contributed by atoms with van der Waals surface area (Å²) in [4.78, 5) is 23.5. The van der Waals surface area contributed by atoms with Crippen LogP contribution in [0.25, 0.3) is 0 Å². The third-order valence-corrected chi connectivity index (χ3v) is 2.81. The number of halogens is 2. The Balaban J connectivity index is 2.04. The first-order chi connectivity index (χ1) is 9.97. The van der Waals surface area contributed by atoms with Crippen molar-refractivity contribution in [2.24, 2.45) is 0 Å². The molecule has 0 saturated carbocycles. The number of aromatic hydroxyl groups is 1. The molecule has 0 heterocycles. The second-order valence-corrected chi connectivity index (χ2v) is 4.52. The lowest BCUT2D eigenvalue weighted by atomic mass is 10.2. The molecule has 2 amide bonds. The summed E-state index contributed by atoms with van der Waals surface area (Å²) in [5.74, 6) is -2.29. The van der Waals surface area contributed by atoms with E-state index in [1.165, 1.54) is 36.4 Å². The summed E-state index contributed by atoms with van der Waals surface area (Å²) < 4.78 is 13.0. The standard InChI is InChI=1S/C14H10ClFN2O3/c15-9-4-5-12(19)11(7-9)14(21)18-17-13(20)8-2-1-3-10(16)6-8/h1-7,19H,(H,17,20)(H,18,21). The van der Waals surface area contributed by atoms with E-state index in [2.05, 4.69) is 10.9 Å². The van der Waals surface area contributed by atoms with Crippen molar-refractivity contribution in [3.63, 3.8) is 0 Å². The second kappa shape index (κ2) is 6.23. The van der Waals surface area contributed by atoms with Gasteiger partial charge in [0.05, 0.1) is 5.56 Å². The van der Waals surface area contributed by atoms with Crippen molar-refractivity contribution in [1.82, 2.24) is 10.9 Å². The van der Waals surface area contributed by atoms with Crippen molar-refractivity contribution in [3.8, 4) is 5.75 Å². The van der Waals surface area contributed by atoms with Crippen LogP contribution in [0.1, 0.15) is 20.7 Å². The van der Waals surface area contributed by atoms with E-state index in [9.17, 15) is 19.1 Å². The fourth-order valence-corrected chi connectivity index (χ4v) is 1.74. The lowest BCUT2D eigenvalue weighted by Crippen LogP contribution is -2.41. The van der Waals surface area contributed by atoms with E-state index in [-0.39, 0.29) is 21.9 Å². The van der Waals surface area contributed by atoms with E-state index in [1.807, 2.05) is 0 Å². The Bertz CT molecular complexity index is 706. The van der Waals surface area contributed by atoms with Crippen LogP contribution in [0.2, 0.25) is 5.02 Å². The van der Waals surface area contributed by atoms with E-state index in [0.717, 1.165) is 6.07 Å². The molecule has 0 unspecified atom stereocenters. The molecule has 2 aromatic carbocycles. The maximum atomic E-state index is 13.0. The van der Waals surface area contributed by atoms with Gasteiger partial charge in [-0.05, 0) is 36.4 Å². The summed E-state index contributed by atoms with van der Waals surface area (Å²) in [5.41, 5.74) is 4.17. The molecule has 3 N–H and O–H groups in total. The minimum Gasteiger partial charge on any atom is -0.507 e. The van der Waals surface area contributed by atoms with Gasteiger partial charge in [-0.3, -0.25) is 20.4 Å². The molecule has 0 aliphatic rings. The Kier molecular flexibility index (Phi) is 4.39. The summed E-state index contributed by atoms with van der Waals surface area (Å²) in [5, 5.41) is 9.80. The predicted octanol–water partition coefficient (Wildman–Crippen LogP) is 2.26. The largest absolute Gasteiger partial charge is 0.507 e. The number of phenolic OH excluding ortho intramolecular Hbond substituents is 1. The first-order valence-corrected chi connectivity index (χ1v) is 6.20. The van der Waals surface area contributed by atoms with Crippen LogP contribution in [0, 0.1) is 5.82 Å². The average molecular weight is 309 g/mol. The first kappa shape index (κ1) is 14.8. The summed E-state index contributed by atoms with van der Waals surface area (Å²) in [6.45, 7) is 0. The first-order valence-electron chi connectivity index (χ1n) is 5.82. The van der Waals surface area contributed by atoms with Crippen LogP contribution in [-0.4, -0.2) is 16.9 Å². The zero-order valence-electron chi connectivity index (χ0n) is 10.6. The number of amides is 2. The van der Waals surface area contributed by atoms with E-state index in [1.54, 1.807) is 0 Å². The lowest BCUT2D eigenvalue weighted by Gasteiger charge is -2.08. The Morgan fingerprint density at radius 1 is 1.05 bits per heavy atom. The Hall–Kier alpha value is -2.60. The summed E-state index contributed by atoms with van der Waals surface area (Å²) in [6, 6.07) is 8.90. The highest BCUT2D eigenvalue weighted by molar-refractivity contribution is 6.31. The van der Waals surface area contributed by atoms with Gasteiger partial charge in [0.1, 0.15) is 11.6 Å². The number of phenols is 1. The maximum absolute atomic E-state index is 13.0. The highest BCUT2D eigenvalue weighted by Gasteiger charge is 2.13. The van der Waals surface area contributed by atoms with E-state index >= 15 is 0 Å². The molecule has 0 bridgehead atoms. The van der Waals surface area contributed by atoms with E-state index < -0.39 is 17.6 Å². The van der Waals surface area contributed by atoms with Gasteiger partial charge < -0.3 is 5.11 Å². The van der Waals surface area contributed by atoms with Crippen LogP contribution in [0.4, 0.5) is 4.39 Å². The van der Waals surface area contributed by atoms with Crippen LogP contribution in [0.3, 0.4) is 0 Å². The van der Waals surface area contributed by atoms with Crippen molar-refractivity contribution < 1.29 is 19.1 Å². The molecule has 2 aromatic rings. The smallest absolute Gasteiger partial charge is 0.273 e. The molecular formula is C14H10ClFN2O3. The number of hydrazine groups is 1. The highest BCUT2D eigenvalue weighted by Crippen LogP contribution is 2.20. The molecule has 0 aromatic heterocycles. The number of carbonyl (C=O) groups is 2. The molecule has 0 spiro atoms. The number of benzene rings is 2. The Labute approximate surface area is 124 Å². The number of carbonyl (C=O) groups excluding carboxylic acids is 2. The molecule has 7 heteroatoms. The molecule has 0 radical (unpaired) electrons. The number of nitrogens with one attached hydrogen (secondary N) is 2. The number of rotatable bonds is 2. The molecule has 2 rings (SSSR count). The molecule has 0 saturated heterocycles. The van der Waals surface area contributed by atoms with Crippen molar-refractivity contribution in [1.29, 1.82) is 0 Å². The van der Waals surface area contributed by atoms with Crippen molar-refractivity contribution >= 4 is 23.4 Å². The lowest BCUT2D eigenvalue weighted by molar-refractivity contribution is 0.0845. The van der Waals surface area contributed by atoms with Gasteiger partial charge in [-0.1, -0.05) is 17.7 Å². The van der Waals surface area contributed by atoms with Gasteiger partial charge in [0.15, 0.2) is 0 Å². The van der Waals surface area contributed by atoms with Crippen LogP contribution in [-0.2, 0) is 0 Å². The quantitative estimate of drug-likeness (QED) is 0.745. The SMILES string of the molecule is O=C(NNC(=O)c1cc(Cl)ccc1O)c1cccc(F)c1. The molecule has 0 aliphatic heterocycles. The van der Waals surface area contributed by atoms with Crippen molar-refractivity contribution in [2.45, 2.75) is 0 Å². The Morgan fingerprint density at radius 3 is 2.48 bits per heavy atom. The fraction of sp³-hybridized carbons (Fsp3) is 0.